The van der Waals surface area contributed by atoms with Crippen LogP contribution in [-0.4, -0.2) is 52.8 Å². The molecule has 1 aliphatic rings. The van der Waals surface area contributed by atoms with Crippen LogP contribution in [0.3, 0.4) is 0 Å². The lowest BCUT2D eigenvalue weighted by molar-refractivity contribution is -0.142. The predicted octanol–water partition coefficient (Wildman–Crippen LogP) is 4.05. The Labute approximate surface area is 185 Å². The van der Waals surface area contributed by atoms with E-state index in [2.05, 4.69) is 0 Å². The monoisotopic (exact) mass is 452 g/mol. The number of thiophene rings is 1. The van der Waals surface area contributed by atoms with E-state index in [1.807, 2.05) is 17.5 Å². The van der Waals surface area contributed by atoms with E-state index in [0.29, 0.717) is 26.2 Å². The second-order valence-electron chi connectivity index (χ2n) is 7.43. The van der Waals surface area contributed by atoms with Crippen LogP contribution in [0.25, 0.3) is 0 Å². The molecule has 162 valence electrons. The highest BCUT2D eigenvalue weighted by Crippen LogP contribution is 2.18. The fourth-order valence-electron chi connectivity index (χ4n) is 3.41. The van der Waals surface area contributed by atoms with E-state index in [1.54, 1.807) is 35.3 Å². The molecular weight excluding hydrogens is 427 g/mol. The van der Waals surface area contributed by atoms with Crippen LogP contribution in [0.1, 0.15) is 30.2 Å². The minimum atomic E-state index is -0.720. The minimum absolute atomic E-state index is 0.0671. The average Bonchev–Trinajstić information content (AvgIpc) is 3.42. The van der Waals surface area contributed by atoms with Crippen molar-refractivity contribution in [3.63, 3.8) is 0 Å². The third-order valence-corrected chi connectivity index (χ3v) is 6.04. The fourth-order valence-corrected chi connectivity index (χ4v) is 4.27. The summed E-state index contributed by atoms with van der Waals surface area (Å²) in [5, 5.41) is 1.24. The molecule has 3 rings (SSSR count). The second-order valence-corrected chi connectivity index (χ2v) is 9.11. The molecule has 0 radical (unpaired) electrons. The molecule has 1 saturated heterocycles. The summed E-state index contributed by atoms with van der Waals surface area (Å²) < 4.78 is 18.9. The third-order valence-electron chi connectivity index (χ3n) is 4.99. The Hall–Kier alpha value is -1.96. The van der Waals surface area contributed by atoms with Gasteiger partial charge in [0.2, 0.25) is 11.8 Å². The Balaban J connectivity index is 1.74. The summed E-state index contributed by atoms with van der Waals surface area (Å²) in [7, 11) is 0. The molecule has 8 heteroatoms. The van der Waals surface area contributed by atoms with Crippen LogP contribution in [0.5, 0.6) is 0 Å². The van der Waals surface area contributed by atoms with Gasteiger partial charge in [0.25, 0.3) is 0 Å². The highest BCUT2D eigenvalue weighted by Gasteiger charge is 2.28. The zero-order valence-electron chi connectivity index (χ0n) is 16.9. The highest BCUT2D eigenvalue weighted by molar-refractivity contribution is 7.09. The van der Waals surface area contributed by atoms with Crippen LogP contribution < -0.4 is 0 Å². The van der Waals surface area contributed by atoms with Gasteiger partial charge in [-0.3, -0.25) is 9.59 Å². The number of amides is 2. The van der Waals surface area contributed by atoms with Crippen LogP contribution in [0.4, 0.5) is 4.39 Å². The van der Waals surface area contributed by atoms with Crippen LogP contribution in [0.15, 0.2) is 41.8 Å². The molecule has 0 bridgehead atoms. The smallest absolute Gasteiger partial charge is 0.242 e. The molecule has 1 aromatic heterocycles. The van der Waals surface area contributed by atoms with E-state index < -0.39 is 5.38 Å². The van der Waals surface area contributed by atoms with Gasteiger partial charge in [-0.15, -0.1) is 22.9 Å². The van der Waals surface area contributed by atoms with Gasteiger partial charge in [0, 0.05) is 24.6 Å². The van der Waals surface area contributed by atoms with Crippen molar-refractivity contribution in [3.05, 3.63) is 58.0 Å². The van der Waals surface area contributed by atoms with Crippen molar-refractivity contribution >= 4 is 34.8 Å². The van der Waals surface area contributed by atoms with Crippen molar-refractivity contribution in [2.75, 3.05) is 19.7 Å². The van der Waals surface area contributed by atoms with Gasteiger partial charge in [0.15, 0.2) is 0 Å². The van der Waals surface area contributed by atoms with Crippen molar-refractivity contribution < 1.29 is 18.7 Å². The molecule has 2 heterocycles. The summed E-state index contributed by atoms with van der Waals surface area (Å²) in [4.78, 5) is 30.1. The molecule has 1 aromatic carbocycles. The Kier molecular flexibility index (Phi) is 8.24. The van der Waals surface area contributed by atoms with Gasteiger partial charge in [-0.25, -0.2) is 4.39 Å². The average molecular weight is 453 g/mol. The van der Waals surface area contributed by atoms with Gasteiger partial charge in [-0.2, -0.15) is 0 Å². The Morgan fingerprint density at radius 2 is 2.00 bits per heavy atom. The first-order valence-corrected chi connectivity index (χ1v) is 11.3. The number of hydrogen-bond donors (Lipinski definition) is 0. The van der Waals surface area contributed by atoms with E-state index in [-0.39, 0.29) is 30.3 Å². The lowest BCUT2D eigenvalue weighted by Crippen LogP contribution is -2.47. The standard InChI is InChI=1S/C22H26ClFN2O3S/c1-16(23)22(28)26(13-19-4-2-10-29-19)15-21(27)25(14-20-5-3-11-30-20)12-17-6-8-18(24)9-7-17/h3,5-9,11,16,19H,2,4,10,12-15H2,1H3. The minimum Gasteiger partial charge on any atom is -0.376 e. The van der Waals surface area contributed by atoms with E-state index in [4.69, 9.17) is 16.3 Å². The Morgan fingerprint density at radius 3 is 2.60 bits per heavy atom. The van der Waals surface area contributed by atoms with Gasteiger partial charge in [-0.05, 0) is 48.9 Å². The first kappa shape index (κ1) is 22.7. The van der Waals surface area contributed by atoms with E-state index in [9.17, 15) is 14.0 Å². The van der Waals surface area contributed by atoms with E-state index in [1.165, 1.54) is 17.0 Å². The molecule has 2 aromatic rings. The lowest BCUT2D eigenvalue weighted by atomic mass is 10.2. The number of ether oxygens (including phenoxy) is 1. The molecule has 2 amide bonds. The van der Waals surface area contributed by atoms with Crippen LogP contribution in [0, 0.1) is 5.82 Å². The summed E-state index contributed by atoms with van der Waals surface area (Å²) >= 11 is 7.60. The number of halogens is 2. The molecule has 1 aliphatic heterocycles. The molecular formula is C22H26ClFN2O3S. The zero-order valence-corrected chi connectivity index (χ0v) is 18.5. The third kappa shape index (κ3) is 6.52. The number of carbonyl (C=O) groups is 2. The molecule has 30 heavy (non-hydrogen) atoms. The predicted molar refractivity (Wildman–Crippen MR) is 116 cm³/mol. The fraction of sp³-hybridized carbons (Fsp3) is 0.455. The quantitative estimate of drug-likeness (QED) is 0.539. The van der Waals surface area contributed by atoms with Crippen LogP contribution >= 0.6 is 22.9 Å². The SMILES string of the molecule is CC(Cl)C(=O)N(CC(=O)N(Cc1ccc(F)cc1)Cc1cccs1)CC1CCCO1. The highest BCUT2D eigenvalue weighted by atomic mass is 35.5. The summed E-state index contributed by atoms with van der Waals surface area (Å²) in [6.45, 7) is 3.32. The number of nitrogens with zero attached hydrogens (tertiary/aromatic N) is 2. The summed E-state index contributed by atoms with van der Waals surface area (Å²) in [5.74, 6) is -0.783. The molecule has 0 N–H and O–H groups in total. The van der Waals surface area contributed by atoms with Gasteiger partial charge in [-0.1, -0.05) is 18.2 Å². The number of alkyl halides is 1. The summed E-state index contributed by atoms with van der Waals surface area (Å²) in [6.07, 6.45) is 1.75. The lowest BCUT2D eigenvalue weighted by Gasteiger charge is -2.29. The Morgan fingerprint density at radius 1 is 1.23 bits per heavy atom. The molecule has 1 fully saturated rings. The first-order valence-electron chi connectivity index (χ1n) is 10.0. The second kappa shape index (κ2) is 10.9. The largest absolute Gasteiger partial charge is 0.376 e. The molecule has 5 nitrogen and oxygen atoms in total. The van der Waals surface area contributed by atoms with Crippen LogP contribution in [-0.2, 0) is 27.4 Å². The van der Waals surface area contributed by atoms with Crippen molar-refractivity contribution in [3.8, 4) is 0 Å². The van der Waals surface area contributed by atoms with Crippen molar-refractivity contribution in [1.29, 1.82) is 0 Å². The topological polar surface area (TPSA) is 49.9 Å². The zero-order chi connectivity index (χ0) is 21.5. The summed E-state index contributed by atoms with van der Waals surface area (Å²) in [5.41, 5.74) is 0.823. The maximum absolute atomic E-state index is 13.3. The van der Waals surface area contributed by atoms with Crippen molar-refractivity contribution in [2.24, 2.45) is 0 Å². The number of rotatable bonds is 9. The number of carbonyl (C=O) groups excluding carboxylic acids is 2. The maximum atomic E-state index is 13.3. The number of hydrogen-bond acceptors (Lipinski definition) is 4. The molecule has 0 aliphatic carbocycles. The first-order chi connectivity index (χ1) is 14.4. The van der Waals surface area contributed by atoms with E-state index >= 15 is 0 Å². The molecule has 2 unspecified atom stereocenters. The number of benzene rings is 1. The van der Waals surface area contributed by atoms with Gasteiger partial charge >= 0.3 is 0 Å². The Bertz CT molecular complexity index is 823. The van der Waals surface area contributed by atoms with Gasteiger partial charge in [0.05, 0.1) is 19.2 Å². The van der Waals surface area contributed by atoms with Crippen molar-refractivity contribution in [1.82, 2.24) is 9.80 Å². The summed E-state index contributed by atoms with van der Waals surface area (Å²) in [6, 6.07) is 9.99. The molecule has 2 atom stereocenters. The molecule has 0 spiro atoms. The van der Waals surface area contributed by atoms with Gasteiger partial charge in [0.1, 0.15) is 11.2 Å². The van der Waals surface area contributed by atoms with Crippen LogP contribution in [0.2, 0.25) is 0 Å². The maximum Gasteiger partial charge on any atom is 0.242 e. The molecule has 0 saturated carbocycles. The van der Waals surface area contributed by atoms with E-state index in [0.717, 1.165) is 23.3 Å². The normalized spacial score (nSPS) is 17.0. The van der Waals surface area contributed by atoms with Gasteiger partial charge < -0.3 is 14.5 Å². The van der Waals surface area contributed by atoms with Crippen molar-refractivity contribution in [2.45, 2.75) is 44.3 Å².